The first-order valence-corrected chi connectivity index (χ1v) is 7.48. The fourth-order valence-corrected chi connectivity index (χ4v) is 1.96. The summed E-state index contributed by atoms with van der Waals surface area (Å²) >= 11 is 0. The number of amides is 1. The van der Waals surface area contributed by atoms with Crippen molar-refractivity contribution in [1.82, 2.24) is 5.32 Å². The number of carbonyl (C=O) groups is 2. The molecular formula is C16H23ClN2O4. The standard InChI is InChI=1S/C16H22N2O4.ClH/c1-2-21-14(19)11-22-13-5-3-12(4-6-13)7-10-18-15(20)16(17)8-9-16;/h3-6H,2,7-11,17H2,1H3,(H,18,20);1H. The highest BCUT2D eigenvalue weighted by Gasteiger charge is 2.45. The van der Waals surface area contributed by atoms with Gasteiger partial charge in [0.25, 0.3) is 0 Å². The van der Waals surface area contributed by atoms with E-state index in [2.05, 4.69) is 5.32 Å². The van der Waals surface area contributed by atoms with Gasteiger partial charge < -0.3 is 20.5 Å². The molecule has 1 aliphatic rings. The number of hydrogen-bond donors (Lipinski definition) is 2. The van der Waals surface area contributed by atoms with E-state index in [1.54, 1.807) is 19.1 Å². The summed E-state index contributed by atoms with van der Waals surface area (Å²) < 4.78 is 10.1. The molecule has 128 valence electrons. The van der Waals surface area contributed by atoms with E-state index in [0.29, 0.717) is 18.9 Å². The summed E-state index contributed by atoms with van der Waals surface area (Å²) in [7, 11) is 0. The van der Waals surface area contributed by atoms with E-state index in [0.717, 1.165) is 24.8 Å². The Morgan fingerprint density at radius 2 is 1.91 bits per heavy atom. The third-order valence-corrected chi connectivity index (χ3v) is 3.53. The molecule has 23 heavy (non-hydrogen) atoms. The Morgan fingerprint density at radius 1 is 1.26 bits per heavy atom. The number of nitrogens with two attached hydrogens (primary N) is 1. The third-order valence-electron chi connectivity index (χ3n) is 3.53. The molecule has 1 aromatic carbocycles. The summed E-state index contributed by atoms with van der Waals surface area (Å²) in [5.41, 5.74) is 6.26. The predicted molar refractivity (Wildman–Crippen MR) is 88.7 cm³/mol. The average molecular weight is 343 g/mol. The summed E-state index contributed by atoms with van der Waals surface area (Å²) in [4.78, 5) is 22.9. The molecule has 0 bridgehead atoms. The van der Waals surface area contributed by atoms with Gasteiger partial charge >= 0.3 is 5.97 Å². The first kappa shape index (κ1) is 19.3. The smallest absolute Gasteiger partial charge is 0.344 e. The predicted octanol–water partition coefficient (Wildman–Crippen LogP) is 1.20. The minimum absolute atomic E-state index is 0. The number of halogens is 1. The average Bonchev–Trinajstić information content (AvgIpc) is 3.26. The molecule has 7 heteroatoms. The van der Waals surface area contributed by atoms with Crippen LogP contribution in [-0.4, -0.2) is 37.2 Å². The zero-order valence-corrected chi connectivity index (χ0v) is 14.0. The molecule has 0 radical (unpaired) electrons. The van der Waals surface area contributed by atoms with Gasteiger partial charge in [-0.2, -0.15) is 0 Å². The molecular weight excluding hydrogens is 320 g/mol. The second-order valence-electron chi connectivity index (χ2n) is 5.40. The maximum atomic E-state index is 11.7. The first-order chi connectivity index (χ1) is 10.5. The van der Waals surface area contributed by atoms with Crippen LogP contribution in [0.1, 0.15) is 25.3 Å². The van der Waals surface area contributed by atoms with Crippen molar-refractivity contribution >= 4 is 24.3 Å². The van der Waals surface area contributed by atoms with Gasteiger partial charge in [0.05, 0.1) is 12.1 Å². The van der Waals surface area contributed by atoms with E-state index in [4.69, 9.17) is 15.2 Å². The molecule has 0 aliphatic heterocycles. The lowest BCUT2D eigenvalue weighted by Gasteiger charge is -2.10. The number of esters is 1. The molecule has 0 saturated heterocycles. The van der Waals surface area contributed by atoms with Gasteiger partial charge in [-0.1, -0.05) is 12.1 Å². The molecule has 1 amide bonds. The molecule has 2 rings (SSSR count). The molecule has 6 nitrogen and oxygen atoms in total. The largest absolute Gasteiger partial charge is 0.482 e. The van der Waals surface area contributed by atoms with Gasteiger partial charge in [-0.3, -0.25) is 4.79 Å². The van der Waals surface area contributed by atoms with E-state index < -0.39 is 5.54 Å². The van der Waals surface area contributed by atoms with E-state index in [9.17, 15) is 9.59 Å². The highest BCUT2D eigenvalue weighted by atomic mass is 35.5. The van der Waals surface area contributed by atoms with Crippen LogP contribution in [0.25, 0.3) is 0 Å². The van der Waals surface area contributed by atoms with Gasteiger partial charge in [-0.25, -0.2) is 4.79 Å². The zero-order valence-electron chi connectivity index (χ0n) is 13.2. The highest BCUT2D eigenvalue weighted by molar-refractivity contribution is 5.88. The summed E-state index contributed by atoms with van der Waals surface area (Å²) in [5.74, 6) is 0.159. The molecule has 0 aromatic heterocycles. The zero-order chi connectivity index (χ0) is 16.0. The van der Waals surface area contributed by atoms with Gasteiger partial charge in [0.1, 0.15) is 5.75 Å². The summed E-state index contributed by atoms with van der Waals surface area (Å²) in [6, 6.07) is 7.40. The van der Waals surface area contributed by atoms with Crippen molar-refractivity contribution in [3.05, 3.63) is 29.8 Å². The maximum Gasteiger partial charge on any atom is 0.344 e. The summed E-state index contributed by atoms with van der Waals surface area (Å²) in [5, 5.41) is 2.85. The van der Waals surface area contributed by atoms with Crippen LogP contribution in [0.5, 0.6) is 5.75 Å². The summed E-state index contributed by atoms with van der Waals surface area (Å²) in [6.45, 7) is 2.56. The normalized spacial score (nSPS) is 14.3. The SMILES string of the molecule is CCOC(=O)COc1ccc(CCNC(=O)C2(N)CC2)cc1.Cl. The van der Waals surface area contributed by atoms with Gasteiger partial charge in [0.2, 0.25) is 5.91 Å². The lowest BCUT2D eigenvalue weighted by atomic mass is 10.1. The fraction of sp³-hybridized carbons (Fsp3) is 0.500. The molecule has 0 heterocycles. The van der Waals surface area contributed by atoms with E-state index in [1.807, 2.05) is 12.1 Å². The van der Waals surface area contributed by atoms with Crippen molar-refractivity contribution in [2.75, 3.05) is 19.8 Å². The third kappa shape index (κ3) is 6.08. The molecule has 1 saturated carbocycles. The van der Waals surface area contributed by atoms with Crippen LogP contribution in [0.15, 0.2) is 24.3 Å². The Morgan fingerprint density at radius 3 is 2.48 bits per heavy atom. The van der Waals surface area contributed by atoms with E-state index in [1.165, 1.54) is 0 Å². The van der Waals surface area contributed by atoms with E-state index in [-0.39, 0.29) is 30.9 Å². The number of nitrogens with one attached hydrogen (secondary N) is 1. The Kier molecular flexibility index (Phi) is 7.32. The van der Waals surface area contributed by atoms with Crippen molar-refractivity contribution < 1.29 is 19.1 Å². The second kappa shape index (κ2) is 8.74. The summed E-state index contributed by atoms with van der Waals surface area (Å²) in [6.07, 6.45) is 2.26. The minimum Gasteiger partial charge on any atom is -0.482 e. The number of benzene rings is 1. The fourth-order valence-electron chi connectivity index (χ4n) is 1.96. The van der Waals surface area contributed by atoms with Crippen LogP contribution in [0.3, 0.4) is 0 Å². The lowest BCUT2D eigenvalue weighted by molar-refractivity contribution is -0.145. The van der Waals surface area contributed by atoms with Gasteiger partial charge in [-0.05, 0) is 43.9 Å². The Bertz CT molecular complexity index is 529. The number of carbonyl (C=O) groups excluding carboxylic acids is 2. The minimum atomic E-state index is -0.620. The number of hydrogen-bond acceptors (Lipinski definition) is 5. The maximum absolute atomic E-state index is 11.7. The monoisotopic (exact) mass is 342 g/mol. The Hall–Kier alpha value is -1.79. The second-order valence-corrected chi connectivity index (χ2v) is 5.40. The molecule has 0 unspecified atom stereocenters. The van der Waals surface area contributed by atoms with Gasteiger partial charge in [0.15, 0.2) is 6.61 Å². The van der Waals surface area contributed by atoms with E-state index >= 15 is 0 Å². The van der Waals surface area contributed by atoms with Crippen molar-refractivity contribution in [3.63, 3.8) is 0 Å². The molecule has 1 fully saturated rings. The Labute approximate surface area is 142 Å². The van der Waals surface area contributed by atoms with Gasteiger partial charge in [-0.15, -0.1) is 12.4 Å². The molecule has 0 spiro atoms. The number of rotatable bonds is 8. The molecule has 3 N–H and O–H groups in total. The van der Waals surface area contributed by atoms with Gasteiger partial charge in [0, 0.05) is 6.54 Å². The molecule has 1 aliphatic carbocycles. The van der Waals surface area contributed by atoms with Crippen LogP contribution in [0.2, 0.25) is 0 Å². The lowest BCUT2D eigenvalue weighted by Crippen LogP contribution is -2.43. The highest BCUT2D eigenvalue weighted by Crippen LogP contribution is 2.31. The van der Waals surface area contributed by atoms with Crippen molar-refractivity contribution in [2.45, 2.75) is 31.7 Å². The van der Waals surface area contributed by atoms with Crippen LogP contribution >= 0.6 is 12.4 Å². The van der Waals surface area contributed by atoms with Crippen LogP contribution in [0, 0.1) is 0 Å². The van der Waals surface area contributed by atoms with Crippen molar-refractivity contribution in [2.24, 2.45) is 5.73 Å². The Balaban J connectivity index is 0.00000264. The molecule has 0 atom stereocenters. The quantitative estimate of drug-likeness (QED) is 0.693. The number of ether oxygens (including phenoxy) is 2. The van der Waals surface area contributed by atoms with Crippen molar-refractivity contribution in [1.29, 1.82) is 0 Å². The van der Waals surface area contributed by atoms with Crippen LogP contribution in [0.4, 0.5) is 0 Å². The van der Waals surface area contributed by atoms with Crippen molar-refractivity contribution in [3.8, 4) is 5.75 Å². The van der Waals surface area contributed by atoms with Crippen LogP contribution < -0.4 is 15.8 Å². The topological polar surface area (TPSA) is 90.6 Å². The molecule has 1 aromatic rings. The first-order valence-electron chi connectivity index (χ1n) is 7.48. The van der Waals surface area contributed by atoms with Crippen LogP contribution in [-0.2, 0) is 20.7 Å².